The van der Waals surface area contributed by atoms with Crippen molar-refractivity contribution >= 4 is 0 Å². The predicted molar refractivity (Wildman–Crippen MR) is 117 cm³/mol. The molecule has 4 aliphatic carbocycles. The van der Waals surface area contributed by atoms with Crippen molar-refractivity contribution in [2.45, 2.75) is 117 Å². The maximum absolute atomic E-state index is 6.02. The van der Waals surface area contributed by atoms with E-state index in [0.717, 1.165) is 41.4 Å². The lowest BCUT2D eigenvalue weighted by Crippen LogP contribution is -2.54. The Balaban J connectivity index is 1.30. The fourth-order valence-corrected chi connectivity index (χ4v) is 9.54. The zero-order valence-electron chi connectivity index (χ0n) is 19.4. The van der Waals surface area contributed by atoms with Crippen LogP contribution in [0.25, 0.3) is 0 Å². The Morgan fingerprint density at radius 1 is 0.857 bits per heavy atom. The van der Waals surface area contributed by atoms with E-state index in [0.29, 0.717) is 23.0 Å². The molecule has 0 unspecified atom stereocenters. The van der Waals surface area contributed by atoms with Crippen LogP contribution in [0, 0.1) is 52.3 Å². The van der Waals surface area contributed by atoms with Crippen molar-refractivity contribution in [3.63, 3.8) is 0 Å². The predicted octanol–water partition coefficient (Wildman–Crippen LogP) is 7.49. The van der Waals surface area contributed by atoms with E-state index in [-0.39, 0.29) is 0 Å². The highest BCUT2D eigenvalue weighted by molar-refractivity contribution is 5.12. The normalized spacial score (nSPS) is 53.1. The molecule has 0 spiro atoms. The molecule has 1 saturated heterocycles. The number of fused-ring (bicyclic) bond motifs is 6. The van der Waals surface area contributed by atoms with Crippen LogP contribution in [0.15, 0.2) is 0 Å². The Morgan fingerprint density at radius 2 is 1.64 bits per heavy atom. The lowest BCUT2D eigenvalue weighted by atomic mass is 9.44. The van der Waals surface area contributed by atoms with Crippen LogP contribution in [0.1, 0.15) is 105 Å². The van der Waals surface area contributed by atoms with Gasteiger partial charge in [-0.2, -0.15) is 0 Å². The third kappa shape index (κ3) is 3.04. The van der Waals surface area contributed by atoms with Gasteiger partial charge >= 0.3 is 0 Å². The van der Waals surface area contributed by atoms with Crippen LogP contribution in [0.5, 0.6) is 0 Å². The number of hydrogen-bond donors (Lipinski definition) is 0. The average molecular weight is 387 g/mol. The fraction of sp³-hybridized carbons (Fsp3) is 1.00. The fourth-order valence-electron chi connectivity index (χ4n) is 9.54. The van der Waals surface area contributed by atoms with Gasteiger partial charge in [-0.1, -0.05) is 53.9 Å². The number of ether oxygens (including phenoxy) is 1. The van der Waals surface area contributed by atoms with Gasteiger partial charge in [-0.3, -0.25) is 0 Å². The Morgan fingerprint density at radius 3 is 2.43 bits per heavy atom. The van der Waals surface area contributed by atoms with E-state index in [9.17, 15) is 0 Å². The van der Waals surface area contributed by atoms with E-state index >= 15 is 0 Å². The zero-order valence-corrected chi connectivity index (χ0v) is 19.4. The molecule has 0 aromatic rings. The minimum atomic E-state index is 0.600. The smallest absolute Gasteiger partial charge is 0.0847 e. The first kappa shape index (κ1) is 19.9. The third-order valence-corrected chi connectivity index (χ3v) is 11.1. The molecule has 0 amide bonds. The molecule has 0 aromatic heterocycles. The molecule has 0 aromatic carbocycles. The number of epoxide rings is 1. The highest BCUT2D eigenvalue weighted by atomic mass is 16.6. The lowest BCUT2D eigenvalue weighted by Gasteiger charge is -2.60. The van der Waals surface area contributed by atoms with Crippen LogP contribution in [-0.4, -0.2) is 12.2 Å². The average Bonchev–Trinajstić information content (AvgIpc) is 3.27. The Bertz CT molecular complexity index is 583. The van der Waals surface area contributed by atoms with Crippen LogP contribution in [0.3, 0.4) is 0 Å². The molecule has 28 heavy (non-hydrogen) atoms. The topological polar surface area (TPSA) is 12.5 Å². The van der Waals surface area contributed by atoms with Gasteiger partial charge in [0, 0.05) is 0 Å². The summed E-state index contributed by atoms with van der Waals surface area (Å²) in [6.45, 7) is 12.8. The molecule has 4 saturated carbocycles. The second-order valence-electron chi connectivity index (χ2n) is 12.8. The summed E-state index contributed by atoms with van der Waals surface area (Å²) in [6.07, 6.45) is 17.6. The first-order valence-corrected chi connectivity index (χ1v) is 13.0. The number of hydrogen-bond acceptors (Lipinski definition) is 1. The van der Waals surface area contributed by atoms with E-state index in [1.54, 1.807) is 6.42 Å². The van der Waals surface area contributed by atoms with Crippen molar-refractivity contribution in [1.82, 2.24) is 0 Å². The van der Waals surface area contributed by atoms with Gasteiger partial charge in [-0.05, 0) is 104 Å². The van der Waals surface area contributed by atoms with Crippen LogP contribution >= 0.6 is 0 Å². The third-order valence-electron chi connectivity index (χ3n) is 11.1. The van der Waals surface area contributed by atoms with Gasteiger partial charge in [-0.25, -0.2) is 0 Å². The van der Waals surface area contributed by atoms with Crippen molar-refractivity contribution in [2.75, 3.05) is 0 Å². The summed E-state index contributed by atoms with van der Waals surface area (Å²) in [5, 5.41) is 0. The maximum atomic E-state index is 6.02. The first-order valence-electron chi connectivity index (χ1n) is 13.0. The van der Waals surface area contributed by atoms with Gasteiger partial charge < -0.3 is 4.74 Å². The molecular weight excluding hydrogens is 340 g/mol. The van der Waals surface area contributed by atoms with Crippen molar-refractivity contribution in [3.05, 3.63) is 0 Å². The molecule has 1 nitrogen and oxygen atoms in total. The molecule has 0 radical (unpaired) electrons. The molecule has 0 bridgehead atoms. The van der Waals surface area contributed by atoms with Gasteiger partial charge in [0.1, 0.15) is 0 Å². The lowest BCUT2D eigenvalue weighted by molar-refractivity contribution is -0.110. The van der Waals surface area contributed by atoms with E-state index in [1.807, 2.05) is 0 Å². The van der Waals surface area contributed by atoms with Crippen molar-refractivity contribution < 1.29 is 4.74 Å². The summed E-state index contributed by atoms with van der Waals surface area (Å²) in [7, 11) is 0. The van der Waals surface area contributed by atoms with Crippen molar-refractivity contribution in [1.29, 1.82) is 0 Å². The first-order chi connectivity index (χ1) is 13.3. The summed E-state index contributed by atoms with van der Waals surface area (Å²) < 4.78 is 6.02. The Kier molecular flexibility index (Phi) is 4.97. The van der Waals surface area contributed by atoms with E-state index in [4.69, 9.17) is 4.74 Å². The van der Waals surface area contributed by atoms with Gasteiger partial charge in [0.2, 0.25) is 0 Å². The highest BCUT2D eigenvalue weighted by Crippen LogP contribution is 2.69. The SMILES string of the molecule is CC(C)CCC[C@@H](C)[C@H]1CC[C@H]2[C@@H]3CC[C@H]4C[C@H]5O[C@H]5C[C@]4(C)[C@H]3CC[C@]12C. The summed E-state index contributed by atoms with van der Waals surface area (Å²) in [5.41, 5.74) is 1.25. The number of rotatable bonds is 5. The minimum Gasteiger partial charge on any atom is -0.370 e. The molecule has 5 aliphatic rings. The molecule has 1 aliphatic heterocycles. The summed E-state index contributed by atoms with van der Waals surface area (Å²) >= 11 is 0. The van der Waals surface area contributed by atoms with Gasteiger partial charge in [0.05, 0.1) is 12.2 Å². The molecule has 5 fully saturated rings. The van der Waals surface area contributed by atoms with E-state index in [2.05, 4.69) is 34.6 Å². The summed E-state index contributed by atoms with van der Waals surface area (Å²) in [5.74, 6) is 6.84. The molecule has 1 heteroatoms. The van der Waals surface area contributed by atoms with Gasteiger partial charge in [0.15, 0.2) is 0 Å². The van der Waals surface area contributed by atoms with Crippen molar-refractivity contribution in [3.8, 4) is 0 Å². The van der Waals surface area contributed by atoms with Crippen LogP contribution < -0.4 is 0 Å². The Labute approximate surface area is 174 Å². The van der Waals surface area contributed by atoms with Crippen LogP contribution in [-0.2, 0) is 4.74 Å². The Hall–Kier alpha value is -0.0400. The van der Waals surface area contributed by atoms with Gasteiger partial charge in [0.25, 0.3) is 0 Å². The second kappa shape index (κ2) is 7.00. The summed E-state index contributed by atoms with van der Waals surface area (Å²) in [6, 6.07) is 0. The highest BCUT2D eigenvalue weighted by Gasteiger charge is 2.63. The molecular formula is C27H46O. The largest absolute Gasteiger partial charge is 0.370 e. The van der Waals surface area contributed by atoms with Crippen LogP contribution in [0.4, 0.5) is 0 Å². The van der Waals surface area contributed by atoms with E-state index < -0.39 is 0 Å². The maximum Gasteiger partial charge on any atom is 0.0847 e. The zero-order chi connectivity index (χ0) is 19.7. The molecule has 0 N–H and O–H groups in total. The minimum absolute atomic E-state index is 0.600. The second-order valence-corrected chi connectivity index (χ2v) is 12.8. The quantitative estimate of drug-likeness (QED) is 0.446. The van der Waals surface area contributed by atoms with Crippen LogP contribution in [0.2, 0.25) is 0 Å². The monoisotopic (exact) mass is 386 g/mol. The van der Waals surface area contributed by atoms with Crippen molar-refractivity contribution in [2.24, 2.45) is 52.3 Å². The molecule has 5 rings (SSSR count). The van der Waals surface area contributed by atoms with E-state index in [1.165, 1.54) is 64.2 Å². The molecule has 10 atom stereocenters. The molecule has 1 heterocycles. The standard InChI is InChI=1S/C27H46O/c1-17(2)7-6-8-18(3)21-11-12-22-20-10-9-19-15-24-25(28-24)16-27(19,5)23(20)13-14-26(21,22)4/h17-25H,6-16H2,1-5H3/t18-,19+,20+,21-,22+,23+,24-,25+,26-,27+/m1/s1. The summed E-state index contributed by atoms with van der Waals surface area (Å²) in [4.78, 5) is 0. The van der Waals surface area contributed by atoms with Gasteiger partial charge in [-0.15, -0.1) is 0 Å². The molecule has 160 valence electrons.